The maximum absolute atomic E-state index is 12.1. The topological polar surface area (TPSA) is 96.6 Å². The van der Waals surface area contributed by atoms with E-state index in [-0.39, 0.29) is 11.6 Å². The van der Waals surface area contributed by atoms with E-state index in [9.17, 15) is 14.9 Å². The number of hydrazone groups is 1. The Labute approximate surface area is 139 Å². The third-order valence-corrected chi connectivity index (χ3v) is 3.31. The number of anilines is 1. The number of nitro groups is 1. The summed E-state index contributed by atoms with van der Waals surface area (Å²) in [5.41, 5.74) is 3.81. The minimum absolute atomic E-state index is 0.0255. The van der Waals surface area contributed by atoms with Gasteiger partial charge in [-0.05, 0) is 18.6 Å². The van der Waals surface area contributed by atoms with Crippen LogP contribution in [0, 0.1) is 10.1 Å². The number of hydrogen-bond acceptors (Lipinski definition) is 5. The van der Waals surface area contributed by atoms with Crippen LogP contribution in [-0.2, 0) is 4.79 Å². The fourth-order valence-corrected chi connectivity index (χ4v) is 2.06. The predicted octanol–water partition coefficient (Wildman–Crippen LogP) is 2.94. The van der Waals surface area contributed by atoms with Crippen LogP contribution in [-0.4, -0.2) is 23.1 Å². The number of carbonyl (C=O) groups excluding carboxylic acids is 1. The Morgan fingerprint density at radius 3 is 2.67 bits per heavy atom. The van der Waals surface area contributed by atoms with E-state index in [0.717, 1.165) is 5.69 Å². The second kappa shape index (κ2) is 8.42. The Bertz CT molecular complexity index is 732. The van der Waals surface area contributed by atoms with E-state index < -0.39 is 11.0 Å². The van der Waals surface area contributed by atoms with Gasteiger partial charge in [0.1, 0.15) is 6.04 Å². The first kappa shape index (κ1) is 17.1. The molecule has 0 aromatic heterocycles. The highest BCUT2D eigenvalue weighted by molar-refractivity contribution is 5.86. The molecule has 0 bridgehead atoms. The summed E-state index contributed by atoms with van der Waals surface area (Å²) in [6.07, 6.45) is 1.97. The van der Waals surface area contributed by atoms with Crippen molar-refractivity contribution >= 4 is 23.5 Å². The van der Waals surface area contributed by atoms with Crippen LogP contribution in [0.25, 0.3) is 0 Å². The number of benzene rings is 2. The van der Waals surface area contributed by atoms with Gasteiger partial charge in [-0.15, -0.1) is 0 Å². The van der Waals surface area contributed by atoms with Crippen LogP contribution in [0.1, 0.15) is 18.9 Å². The molecule has 0 aliphatic rings. The maximum atomic E-state index is 12.1. The molecule has 1 amide bonds. The Morgan fingerprint density at radius 1 is 1.25 bits per heavy atom. The monoisotopic (exact) mass is 326 g/mol. The minimum Gasteiger partial charge on any atom is -0.374 e. The van der Waals surface area contributed by atoms with E-state index in [4.69, 9.17) is 0 Å². The molecule has 7 heteroatoms. The van der Waals surface area contributed by atoms with Crippen molar-refractivity contribution in [3.8, 4) is 0 Å². The zero-order chi connectivity index (χ0) is 17.4. The zero-order valence-electron chi connectivity index (χ0n) is 13.2. The van der Waals surface area contributed by atoms with Crippen molar-refractivity contribution in [1.29, 1.82) is 0 Å². The highest BCUT2D eigenvalue weighted by atomic mass is 16.6. The van der Waals surface area contributed by atoms with Crippen LogP contribution >= 0.6 is 0 Å². The first-order valence-corrected chi connectivity index (χ1v) is 7.49. The molecule has 24 heavy (non-hydrogen) atoms. The van der Waals surface area contributed by atoms with Crippen molar-refractivity contribution in [2.24, 2.45) is 5.10 Å². The maximum Gasteiger partial charge on any atom is 0.270 e. The molecule has 1 unspecified atom stereocenters. The SMILES string of the molecule is CCC(Nc1ccccc1)C(=O)NN=Cc1cccc([N+](=O)[O-])c1. The van der Waals surface area contributed by atoms with Gasteiger partial charge >= 0.3 is 0 Å². The largest absolute Gasteiger partial charge is 0.374 e. The standard InChI is InChI=1S/C17H18N4O3/c1-2-16(19-14-8-4-3-5-9-14)17(22)20-18-12-13-7-6-10-15(11-13)21(23)24/h3-12,16,19H,2H2,1H3,(H,20,22). The minimum atomic E-state index is -0.479. The van der Waals surface area contributed by atoms with Gasteiger partial charge < -0.3 is 5.32 Å². The summed E-state index contributed by atoms with van der Waals surface area (Å²) in [5, 5.41) is 17.7. The van der Waals surface area contributed by atoms with Gasteiger partial charge in [-0.2, -0.15) is 5.10 Å². The van der Waals surface area contributed by atoms with E-state index in [1.165, 1.54) is 18.3 Å². The van der Waals surface area contributed by atoms with Gasteiger partial charge in [-0.1, -0.05) is 37.3 Å². The summed E-state index contributed by atoms with van der Waals surface area (Å²) >= 11 is 0. The van der Waals surface area contributed by atoms with E-state index in [1.54, 1.807) is 12.1 Å². The average Bonchev–Trinajstić information content (AvgIpc) is 2.60. The summed E-state index contributed by atoms with van der Waals surface area (Å²) in [6, 6.07) is 15.0. The van der Waals surface area contributed by atoms with E-state index in [1.807, 2.05) is 37.3 Å². The highest BCUT2D eigenvalue weighted by Crippen LogP contribution is 2.11. The van der Waals surface area contributed by atoms with Crippen LogP contribution in [0.15, 0.2) is 59.7 Å². The van der Waals surface area contributed by atoms with Crippen LogP contribution in [0.3, 0.4) is 0 Å². The van der Waals surface area contributed by atoms with Gasteiger partial charge in [-0.25, -0.2) is 5.43 Å². The summed E-state index contributed by atoms with van der Waals surface area (Å²) in [6.45, 7) is 1.89. The third kappa shape index (κ3) is 4.91. The summed E-state index contributed by atoms with van der Waals surface area (Å²) < 4.78 is 0. The Kier molecular flexibility index (Phi) is 6.01. The van der Waals surface area contributed by atoms with Crippen molar-refractivity contribution in [2.45, 2.75) is 19.4 Å². The number of non-ortho nitro benzene ring substituents is 1. The summed E-state index contributed by atoms with van der Waals surface area (Å²) in [7, 11) is 0. The zero-order valence-corrected chi connectivity index (χ0v) is 13.2. The fourth-order valence-electron chi connectivity index (χ4n) is 2.06. The van der Waals surface area contributed by atoms with Crippen molar-refractivity contribution in [2.75, 3.05) is 5.32 Å². The Morgan fingerprint density at radius 2 is 2.00 bits per heavy atom. The number of carbonyl (C=O) groups is 1. The van der Waals surface area contributed by atoms with E-state index >= 15 is 0 Å². The van der Waals surface area contributed by atoms with E-state index in [2.05, 4.69) is 15.8 Å². The molecule has 0 saturated heterocycles. The molecule has 0 aliphatic carbocycles. The molecule has 124 valence electrons. The molecule has 1 atom stereocenters. The van der Waals surface area contributed by atoms with Crippen molar-refractivity contribution < 1.29 is 9.72 Å². The van der Waals surface area contributed by atoms with Crippen molar-refractivity contribution in [3.05, 3.63) is 70.3 Å². The molecule has 0 spiro atoms. The second-order valence-corrected chi connectivity index (χ2v) is 5.06. The van der Waals surface area contributed by atoms with Gasteiger partial charge in [0.15, 0.2) is 0 Å². The summed E-state index contributed by atoms with van der Waals surface area (Å²) in [4.78, 5) is 22.4. The summed E-state index contributed by atoms with van der Waals surface area (Å²) in [5.74, 6) is -0.275. The molecule has 0 fully saturated rings. The molecule has 0 radical (unpaired) electrons. The number of rotatable bonds is 7. The molecule has 2 aromatic carbocycles. The normalized spacial score (nSPS) is 11.9. The fraction of sp³-hybridized carbons (Fsp3) is 0.176. The van der Waals surface area contributed by atoms with Gasteiger partial charge in [0.25, 0.3) is 11.6 Å². The van der Waals surface area contributed by atoms with Crippen LogP contribution in [0.5, 0.6) is 0 Å². The molecular formula is C17H18N4O3. The van der Waals surface area contributed by atoms with Gasteiger partial charge in [-0.3, -0.25) is 14.9 Å². The molecule has 0 saturated carbocycles. The first-order valence-electron chi connectivity index (χ1n) is 7.49. The molecule has 7 nitrogen and oxygen atoms in total. The smallest absolute Gasteiger partial charge is 0.270 e. The highest BCUT2D eigenvalue weighted by Gasteiger charge is 2.15. The predicted molar refractivity (Wildman–Crippen MR) is 93.0 cm³/mol. The first-order chi connectivity index (χ1) is 11.6. The number of hydrogen-bond donors (Lipinski definition) is 2. The second-order valence-electron chi connectivity index (χ2n) is 5.06. The lowest BCUT2D eigenvalue weighted by Crippen LogP contribution is -2.36. The lowest BCUT2D eigenvalue weighted by Gasteiger charge is -2.16. The molecular weight excluding hydrogens is 308 g/mol. The number of nitrogens with zero attached hydrogens (tertiary/aromatic N) is 2. The molecule has 2 rings (SSSR count). The quantitative estimate of drug-likeness (QED) is 0.464. The number of para-hydroxylation sites is 1. The van der Waals surface area contributed by atoms with Crippen LogP contribution in [0.4, 0.5) is 11.4 Å². The average molecular weight is 326 g/mol. The van der Waals surface area contributed by atoms with Crippen molar-refractivity contribution in [1.82, 2.24) is 5.43 Å². The third-order valence-electron chi connectivity index (χ3n) is 3.31. The Hall–Kier alpha value is -3.22. The lowest BCUT2D eigenvalue weighted by atomic mass is 10.2. The van der Waals surface area contributed by atoms with Gasteiger partial charge in [0, 0.05) is 23.4 Å². The number of nitrogens with one attached hydrogen (secondary N) is 2. The van der Waals surface area contributed by atoms with Crippen molar-refractivity contribution in [3.63, 3.8) is 0 Å². The van der Waals surface area contributed by atoms with Crippen LogP contribution in [0.2, 0.25) is 0 Å². The molecule has 0 aliphatic heterocycles. The Balaban J connectivity index is 1.95. The van der Waals surface area contributed by atoms with Gasteiger partial charge in [0.2, 0.25) is 0 Å². The molecule has 0 heterocycles. The molecule has 2 N–H and O–H groups in total. The van der Waals surface area contributed by atoms with Gasteiger partial charge in [0.05, 0.1) is 11.1 Å². The number of amides is 1. The molecule has 2 aromatic rings. The lowest BCUT2D eigenvalue weighted by molar-refractivity contribution is -0.384. The van der Waals surface area contributed by atoms with Crippen LogP contribution < -0.4 is 10.7 Å². The number of nitro benzene ring substituents is 1. The van der Waals surface area contributed by atoms with E-state index in [0.29, 0.717) is 12.0 Å².